The second kappa shape index (κ2) is 9.09. The Morgan fingerprint density at radius 3 is 2.32 bits per heavy atom. The third kappa shape index (κ3) is 6.20. The van der Waals surface area contributed by atoms with Gasteiger partial charge in [0.15, 0.2) is 0 Å². The summed E-state index contributed by atoms with van der Waals surface area (Å²) in [5.41, 5.74) is 3.62. The maximum absolute atomic E-state index is 13.0. The first-order valence-electron chi connectivity index (χ1n) is 11.7. The molecule has 2 saturated carbocycles. The van der Waals surface area contributed by atoms with Crippen molar-refractivity contribution in [2.75, 3.05) is 10.6 Å². The van der Waals surface area contributed by atoms with E-state index in [1.165, 1.54) is 0 Å². The summed E-state index contributed by atoms with van der Waals surface area (Å²) in [6.45, 7) is 10.7. The van der Waals surface area contributed by atoms with E-state index in [2.05, 4.69) is 53.5 Å². The van der Waals surface area contributed by atoms with Crippen molar-refractivity contribution in [2.45, 2.75) is 84.4 Å². The SMILES string of the molecule is CC(C)(C)C.Cc1cc(-c2nnc(NC3CC(O)C3)o2)nc2ccc(NC3CC(F)(F)C3)cc12. The van der Waals surface area contributed by atoms with Gasteiger partial charge in [-0.1, -0.05) is 32.8 Å². The zero-order chi connectivity index (χ0) is 24.7. The Morgan fingerprint density at radius 2 is 1.71 bits per heavy atom. The first-order valence-corrected chi connectivity index (χ1v) is 11.7. The number of alkyl halides is 2. The van der Waals surface area contributed by atoms with Crippen molar-refractivity contribution in [1.29, 1.82) is 0 Å². The van der Waals surface area contributed by atoms with Gasteiger partial charge in [-0.25, -0.2) is 13.8 Å². The molecular weight excluding hydrogens is 440 g/mol. The van der Waals surface area contributed by atoms with Gasteiger partial charge >= 0.3 is 6.01 Å². The molecule has 0 saturated heterocycles. The van der Waals surface area contributed by atoms with E-state index in [1.807, 2.05) is 31.2 Å². The van der Waals surface area contributed by atoms with E-state index in [0.29, 0.717) is 35.9 Å². The van der Waals surface area contributed by atoms with E-state index in [4.69, 9.17) is 4.42 Å². The van der Waals surface area contributed by atoms with Crippen LogP contribution in [0.15, 0.2) is 28.7 Å². The van der Waals surface area contributed by atoms with Crippen LogP contribution in [0.4, 0.5) is 20.5 Å². The summed E-state index contributed by atoms with van der Waals surface area (Å²) in [6, 6.07) is 7.76. The number of aryl methyl sites for hydroxylation is 1. The lowest BCUT2D eigenvalue weighted by molar-refractivity contribution is -0.0793. The zero-order valence-electron chi connectivity index (χ0n) is 20.3. The highest BCUT2D eigenvalue weighted by atomic mass is 19.3. The molecule has 9 heteroatoms. The fourth-order valence-corrected chi connectivity index (χ4v) is 3.86. The summed E-state index contributed by atoms with van der Waals surface area (Å²) in [7, 11) is 0. The third-order valence-electron chi connectivity index (χ3n) is 5.56. The van der Waals surface area contributed by atoms with Gasteiger partial charge in [0.1, 0.15) is 5.69 Å². The van der Waals surface area contributed by atoms with E-state index in [1.54, 1.807) is 0 Å². The van der Waals surface area contributed by atoms with Crippen LogP contribution >= 0.6 is 0 Å². The number of nitrogens with zero attached hydrogens (tertiary/aromatic N) is 3. The number of hydrogen-bond acceptors (Lipinski definition) is 7. The number of fused-ring (bicyclic) bond motifs is 1. The Morgan fingerprint density at radius 1 is 1.03 bits per heavy atom. The number of aliphatic hydroxyl groups excluding tert-OH is 1. The molecule has 3 N–H and O–H groups in total. The maximum atomic E-state index is 13.0. The molecule has 5 rings (SSSR count). The number of anilines is 2. The number of aliphatic hydroxyl groups is 1. The summed E-state index contributed by atoms with van der Waals surface area (Å²) < 4.78 is 31.8. The van der Waals surface area contributed by atoms with Gasteiger partial charge in [0.05, 0.1) is 11.6 Å². The lowest BCUT2D eigenvalue weighted by atomic mass is 9.88. The number of aromatic nitrogens is 3. The molecule has 0 bridgehead atoms. The zero-order valence-corrected chi connectivity index (χ0v) is 20.3. The van der Waals surface area contributed by atoms with Gasteiger partial charge in [0.2, 0.25) is 0 Å². The van der Waals surface area contributed by atoms with Gasteiger partial charge in [0, 0.05) is 36.0 Å². The normalized spacial score (nSPS) is 21.8. The Labute approximate surface area is 198 Å². The molecule has 2 aliphatic rings. The van der Waals surface area contributed by atoms with Crippen molar-refractivity contribution in [3.05, 3.63) is 29.8 Å². The van der Waals surface area contributed by atoms with Crippen LogP contribution in [-0.4, -0.2) is 44.4 Å². The molecular formula is C25H33F2N5O2. The average Bonchev–Trinajstić information content (AvgIpc) is 3.13. The molecule has 0 amide bonds. The number of benzene rings is 1. The van der Waals surface area contributed by atoms with Gasteiger partial charge in [-0.05, 0) is 55.0 Å². The van der Waals surface area contributed by atoms with Gasteiger partial charge < -0.3 is 20.2 Å². The highest BCUT2D eigenvalue weighted by molar-refractivity contribution is 5.87. The monoisotopic (exact) mass is 473 g/mol. The third-order valence-corrected chi connectivity index (χ3v) is 5.56. The maximum Gasteiger partial charge on any atom is 0.316 e. The number of hydrogen-bond donors (Lipinski definition) is 3. The molecule has 2 aromatic heterocycles. The molecule has 0 unspecified atom stereocenters. The van der Waals surface area contributed by atoms with Crippen LogP contribution in [0, 0.1) is 12.3 Å². The lowest BCUT2D eigenvalue weighted by Crippen LogP contribution is -2.44. The predicted molar refractivity (Wildman–Crippen MR) is 129 cm³/mol. The Bertz CT molecular complexity index is 1140. The van der Waals surface area contributed by atoms with E-state index in [0.717, 1.165) is 22.2 Å². The van der Waals surface area contributed by atoms with Crippen LogP contribution in [0.5, 0.6) is 0 Å². The fraction of sp³-hybridized carbons (Fsp3) is 0.560. The molecule has 2 fully saturated rings. The first kappa shape index (κ1) is 24.3. The van der Waals surface area contributed by atoms with Crippen molar-refractivity contribution in [3.8, 4) is 11.6 Å². The van der Waals surface area contributed by atoms with Crippen molar-refractivity contribution >= 4 is 22.6 Å². The molecule has 2 aliphatic carbocycles. The van der Waals surface area contributed by atoms with Crippen LogP contribution in [0.25, 0.3) is 22.5 Å². The standard InChI is InChI=1S/C20H21F2N5O2.C5H12/c1-10-4-17(18-26-27-19(29-18)24-12-5-14(28)6-12)25-16-3-2-11(7-15(10)16)23-13-8-20(21,22)9-13;1-5(2,3)4/h2-4,7,12-14,23,28H,5-6,8-9H2,1H3,(H,24,27);1-4H3. The van der Waals surface area contributed by atoms with Crippen LogP contribution in [0.3, 0.4) is 0 Å². The quantitative estimate of drug-likeness (QED) is 0.432. The van der Waals surface area contributed by atoms with Crippen LogP contribution in [0.1, 0.15) is 58.9 Å². The summed E-state index contributed by atoms with van der Waals surface area (Å²) in [5.74, 6) is -2.23. The highest BCUT2D eigenvalue weighted by Gasteiger charge is 2.45. The largest absolute Gasteiger partial charge is 0.402 e. The van der Waals surface area contributed by atoms with E-state index in [-0.39, 0.29) is 31.0 Å². The van der Waals surface area contributed by atoms with Crippen LogP contribution < -0.4 is 10.6 Å². The molecule has 0 aliphatic heterocycles. The molecule has 0 atom stereocenters. The summed E-state index contributed by atoms with van der Waals surface area (Å²) in [5, 5.41) is 24.6. The summed E-state index contributed by atoms with van der Waals surface area (Å²) in [4.78, 5) is 4.61. The van der Waals surface area contributed by atoms with E-state index in [9.17, 15) is 13.9 Å². The second-order valence-electron chi connectivity index (χ2n) is 11.0. The molecule has 2 heterocycles. The van der Waals surface area contributed by atoms with E-state index >= 15 is 0 Å². The predicted octanol–water partition coefficient (Wildman–Crippen LogP) is 5.79. The average molecular weight is 474 g/mol. The van der Waals surface area contributed by atoms with Crippen molar-refractivity contribution in [1.82, 2.24) is 15.2 Å². The first-order chi connectivity index (χ1) is 15.8. The smallest absolute Gasteiger partial charge is 0.316 e. The lowest BCUT2D eigenvalue weighted by Gasteiger charge is -2.36. The molecule has 0 spiro atoms. The van der Waals surface area contributed by atoms with Gasteiger partial charge in [0.25, 0.3) is 11.8 Å². The van der Waals surface area contributed by atoms with Gasteiger partial charge in [-0.3, -0.25) is 0 Å². The summed E-state index contributed by atoms with van der Waals surface area (Å²) in [6.07, 6.45) is 0.808. The number of halogens is 2. The molecule has 7 nitrogen and oxygen atoms in total. The molecule has 3 aromatic rings. The minimum atomic E-state index is -2.54. The van der Waals surface area contributed by atoms with Crippen molar-refractivity contribution in [2.24, 2.45) is 5.41 Å². The minimum absolute atomic E-state index is 0.130. The topological polar surface area (TPSA) is 96.1 Å². The van der Waals surface area contributed by atoms with Crippen LogP contribution in [0.2, 0.25) is 0 Å². The Balaban J connectivity index is 0.000000499. The van der Waals surface area contributed by atoms with Crippen molar-refractivity contribution < 1.29 is 18.3 Å². The highest BCUT2D eigenvalue weighted by Crippen LogP contribution is 2.39. The van der Waals surface area contributed by atoms with E-state index < -0.39 is 5.92 Å². The minimum Gasteiger partial charge on any atom is -0.402 e. The Kier molecular flexibility index (Phi) is 6.50. The molecule has 34 heavy (non-hydrogen) atoms. The van der Waals surface area contributed by atoms with Gasteiger partial charge in [-0.2, -0.15) is 0 Å². The molecule has 184 valence electrons. The summed E-state index contributed by atoms with van der Waals surface area (Å²) >= 11 is 0. The molecule has 0 radical (unpaired) electrons. The number of pyridine rings is 1. The fourth-order valence-electron chi connectivity index (χ4n) is 3.86. The van der Waals surface area contributed by atoms with Crippen LogP contribution in [-0.2, 0) is 0 Å². The molecule has 1 aromatic carbocycles. The van der Waals surface area contributed by atoms with Gasteiger partial charge in [-0.15, -0.1) is 5.10 Å². The Hall–Kier alpha value is -2.81. The number of nitrogens with one attached hydrogen (secondary N) is 2. The number of rotatable bonds is 5. The second-order valence-corrected chi connectivity index (χ2v) is 11.0. The van der Waals surface area contributed by atoms with Crippen molar-refractivity contribution in [3.63, 3.8) is 0 Å².